The van der Waals surface area contributed by atoms with Gasteiger partial charge in [0.05, 0.1) is 10.9 Å². The second-order valence-corrected chi connectivity index (χ2v) is 4.55. The Balaban J connectivity index is 2.46. The summed E-state index contributed by atoms with van der Waals surface area (Å²) in [4.78, 5) is 11.1. The number of amides is 2. The van der Waals surface area contributed by atoms with Gasteiger partial charge in [0.15, 0.2) is 0 Å². The fourth-order valence-electron chi connectivity index (χ4n) is 1.39. The lowest BCUT2D eigenvalue weighted by Gasteiger charge is -2.27. The summed E-state index contributed by atoms with van der Waals surface area (Å²) < 4.78 is 24.6. The lowest BCUT2D eigenvalue weighted by atomic mass is 10.1. The van der Waals surface area contributed by atoms with Crippen molar-refractivity contribution in [2.24, 2.45) is 0 Å². The van der Waals surface area contributed by atoms with Crippen molar-refractivity contribution in [1.82, 2.24) is 10.0 Å². The van der Waals surface area contributed by atoms with E-state index in [2.05, 4.69) is 5.32 Å². The van der Waals surface area contributed by atoms with Crippen LogP contribution in [0.1, 0.15) is 6.42 Å². The van der Waals surface area contributed by atoms with Gasteiger partial charge >= 0.3 is 6.03 Å². The van der Waals surface area contributed by atoms with Crippen molar-refractivity contribution in [3.63, 3.8) is 0 Å². The zero-order valence-electron chi connectivity index (χ0n) is 6.65. The van der Waals surface area contributed by atoms with Crippen molar-refractivity contribution < 1.29 is 13.2 Å². The van der Waals surface area contributed by atoms with E-state index in [0.717, 1.165) is 0 Å². The van der Waals surface area contributed by atoms with E-state index in [0.29, 0.717) is 6.42 Å². The van der Waals surface area contributed by atoms with Gasteiger partial charge in [0.1, 0.15) is 0 Å². The number of carbonyl (C=O) groups excluding carboxylic acids is 1. The molecule has 1 aliphatic heterocycles. The molecule has 2 aliphatic rings. The zero-order chi connectivity index (χ0) is 9.47. The summed E-state index contributed by atoms with van der Waals surface area (Å²) in [6.07, 6.45) is 5.51. The van der Waals surface area contributed by atoms with Crippen LogP contribution in [0.2, 0.25) is 0 Å². The molecule has 0 aromatic carbocycles. The maximum atomic E-state index is 11.4. The summed E-state index contributed by atoms with van der Waals surface area (Å²) in [7, 11) is -3.58. The summed E-state index contributed by atoms with van der Waals surface area (Å²) in [5.41, 5.74) is 0. The molecule has 0 bridgehead atoms. The number of allylic oxidation sites excluding steroid dienone is 2. The van der Waals surface area contributed by atoms with Crippen LogP contribution in [0.15, 0.2) is 23.1 Å². The van der Waals surface area contributed by atoms with Gasteiger partial charge in [0.25, 0.3) is 10.0 Å². The highest BCUT2D eigenvalue weighted by Gasteiger charge is 2.34. The van der Waals surface area contributed by atoms with Crippen molar-refractivity contribution in [1.29, 1.82) is 0 Å². The van der Waals surface area contributed by atoms with Gasteiger partial charge in [-0.05, 0) is 12.5 Å². The van der Waals surface area contributed by atoms with Crippen LogP contribution < -0.4 is 10.0 Å². The van der Waals surface area contributed by atoms with Gasteiger partial charge in [-0.25, -0.2) is 17.9 Å². The Labute approximate surface area is 75.6 Å². The van der Waals surface area contributed by atoms with E-state index in [1.807, 2.05) is 10.8 Å². The van der Waals surface area contributed by atoms with Crippen molar-refractivity contribution in [2.45, 2.75) is 12.5 Å². The molecule has 1 unspecified atom stereocenters. The molecule has 1 atom stereocenters. The summed E-state index contributed by atoms with van der Waals surface area (Å²) in [5, 5.41) is 2.53. The van der Waals surface area contributed by atoms with Crippen LogP contribution in [-0.2, 0) is 10.0 Å². The number of fused-ring (bicyclic) bond motifs is 1. The Morgan fingerprint density at radius 3 is 3.00 bits per heavy atom. The second kappa shape index (κ2) is 2.59. The average Bonchev–Trinajstić information content (AvgIpc) is 2.02. The van der Waals surface area contributed by atoms with E-state index in [-0.39, 0.29) is 4.91 Å². The van der Waals surface area contributed by atoms with E-state index in [9.17, 15) is 13.2 Å². The average molecular weight is 200 g/mol. The topological polar surface area (TPSA) is 75.3 Å². The second-order valence-electron chi connectivity index (χ2n) is 2.86. The van der Waals surface area contributed by atoms with E-state index >= 15 is 0 Å². The molecule has 13 heavy (non-hydrogen) atoms. The lowest BCUT2D eigenvalue weighted by Crippen LogP contribution is -2.53. The molecule has 0 spiro atoms. The zero-order valence-corrected chi connectivity index (χ0v) is 7.47. The third kappa shape index (κ3) is 1.33. The molecule has 1 fully saturated rings. The first kappa shape index (κ1) is 8.31. The smallest absolute Gasteiger partial charge is 0.329 e. The number of rotatable bonds is 0. The van der Waals surface area contributed by atoms with E-state index in [1.54, 1.807) is 6.08 Å². The first-order valence-electron chi connectivity index (χ1n) is 3.79. The molecule has 2 amide bonds. The maximum absolute atomic E-state index is 11.4. The first-order valence-corrected chi connectivity index (χ1v) is 5.28. The maximum Gasteiger partial charge on any atom is 0.329 e. The van der Waals surface area contributed by atoms with Gasteiger partial charge in [-0.1, -0.05) is 12.2 Å². The summed E-state index contributed by atoms with van der Waals surface area (Å²) in [6, 6.07) is -1.05. The molecular formula is C7H8N2O3S. The molecule has 0 saturated carbocycles. The summed E-state index contributed by atoms with van der Waals surface area (Å²) in [5.74, 6) is 0. The Kier molecular flexibility index (Phi) is 1.66. The van der Waals surface area contributed by atoms with Crippen LogP contribution in [0, 0.1) is 0 Å². The number of urea groups is 1. The van der Waals surface area contributed by atoms with E-state index < -0.39 is 22.1 Å². The molecule has 70 valence electrons. The minimum absolute atomic E-state index is 0.231. The standard InChI is InChI=1S/C7H8N2O3S/c10-7-8-5-3-1-2-4-6(5)13(11,12)9-7/h1-2,4-5H,3H2,(H2,8,9,10). The third-order valence-corrected chi connectivity index (χ3v) is 3.45. The minimum atomic E-state index is -3.58. The van der Waals surface area contributed by atoms with E-state index in [4.69, 9.17) is 0 Å². The fraction of sp³-hybridized carbons (Fsp3) is 0.286. The van der Waals surface area contributed by atoms with Crippen LogP contribution in [-0.4, -0.2) is 20.5 Å². The molecule has 6 heteroatoms. The predicted octanol–water partition coefficient (Wildman–Crippen LogP) is -0.159. The Bertz CT molecular complexity index is 407. The van der Waals surface area contributed by atoms with Gasteiger partial charge in [0.2, 0.25) is 0 Å². The molecule has 1 heterocycles. The molecule has 0 aromatic rings. The van der Waals surface area contributed by atoms with Crippen LogP contribution in [0.4, 0.5) is 4.79 Å². The number of hydrogen-bond acceptors (Lipinski definition) is 3. The largest absolute Gasteiger partial charge is 0.329 e. The highest BCUT2D eigenvalue weighted by atomic mass is 32.2. The van der Waals surface area contributed by atoms with Crippen molar-refractivity contribution in [2.75, 3.05) is 0 Å². The van der Waals surface area contributed by atoms with Crippen LogP contribution in [0.25, 0.3) is 0 Å². The minimum Gasteiger partial charge on any atom is -0.329 e. The summed E-state index contributed by atoms with van der Waals surface area (Å²) in [6.45, 7) is 0. The van der Waals surface area contributed by atoms with Crippen LogP contribution in [0.3, 0.4) is 0 Å². The van der Waals surface area contributed by atoms with Gasteiger partial charge in [-0.3, -0.25) is 0 Å². The van der Waals surface area contributed by atoms with E-state index in [1.165, 1.54) is 6.08 Å². The molecule has 1 saturated heterocycles. The van der Waals surface area contributed by atoms with Crippen molar-refractivity contribution >= 4 is 16.1 Å². The molecule has 0 aromatic heterocycles. The normalized spacial score (nSPS) is 29.7. The van der Waals surface area contributed by atoms with Crippen LogP contribution in [0.5, 0.6) is 0 Å². The van der Waals surface area contributed by atoms with Gasteiger partial charge in [-0.2, -0.15) is 0 Å². The fourth-order valence-corrected chi connectivity index (χ4v) is 2.59. The molecular weight excluding hydrogens is 192 g/mol. The first-order chi connectivity index (χ1) is 6.09. The number of carbonyl (C=O) groups is 1. The monoisotopic (exact) mass is 200 g/mol. The van der Waals surface area contributed by atoms with Gasteiger partial charge in [0, 0.05) is 0 Å². The quantitative estimate of drug-likeness (QED) is 0.570. The number of sulfonamides is 1. The Morgan fingerprint density at radius 1 is 1.46 bits per heavy atom. The number of hydrogen-bond donors (Lipinski definition) is 2. The van der Waals surface area contributed by atoms with Crippen molar-refractivity contribution in [3.8, 4) is 0 Å². The predicted molar refractivity (Wildman–Crippen MR) is 46.2 cm³/mol. The van der Waals surface area contributed by atoms with Crippen LogP contribution >= 0.6 is 0 Å². The van der Waals surface area contributed by atoms with Crippen molar-refractivity contribution in [3.05, 3.63) is 23.1 Å². The third-order valence-electron chi connectivity index (χ3n) is 1.95. The Hall–Kier alpha value is -1.30. The molecule has 5 nitrogen and oxygen atoms in total. The number of nitrogens with one attached hydrogen (secondary N) is 2. The molecule has 1 aliphatic carbocycles. The molecule has 0 radical (unpaired) electrons. The molecule has 2 rings (SSSR count). The molecule has 2 N–H and O–H groups in total. The lowest BCUT2D eigenvalue weighted by molar-refractivity contribution is 0.242. The van der Waals surface area contributed by atoms with Gasteiger partial charge < -0.3 is 5.32 Å². The highest BCUT2D eigenvalue weighted by Crippen LogP contribution is 2.20. The summed E-state index contributed by atoms with van der Waals surface area (Å²) >= 11 is 0. The Morgan fingerprint density at radius 2 is 2.23 bits per heavy atom. The highest BCUT2D eigenvalue weighted by molar-refractivity contribution is 7.94. The van der Waals surface area contributed by atoms with Gasteiger partial charge in [-0.15, -0.1) is 0 Å². The SMILES string of the molecule is O=C1NC2CC=CC=C2S(=O)(=O)N1.